The van der Waals surface area contributed by atoms with Crippen LogP contribution in [0.4, 0.5) is 0 Å². The number of aromatic nitrogens is 2. The zero-order valence-electron chi connectivity index (χ0n) is 10.8. The number of hydrogen-bond acceptors (Lipinski definition) is 3. The van der Waals surface area contributed by atoms with Crippen LogP contribution >= 0.6 is 0 Å². The maximum atomic E-state index is 9.94. The predicted molar refractivity (Wildman–Crippen MR) is 67.5 cm³/mol. The van der Waals surface area contributed by atoms with Crippen LogP contribution in [-0.4, -0.2) is 39.5 Å². The Balaban J connectivity index is 1.82. The number of rotatable bonds is 4. The molecule has 0 amide bonds. The van der Waals surface area contributed by atoms with Gasteiger partial charge < -0.3 is 10.0 Å². The molecule has 1 aromatic rings. The average molecular weight is 237 g/mol. The first-order valence-electron chi connectivity index (χ1n) is 6.49. The summed E-state index contributed by atoms with van der Waals surface area (Å²) in [5.74, 6) is 0.449. The van der Waals surface area contributed by atoms with Gasteiger partial charge in [-0.1, -0.05) is 12.8 Å². The van der Waals surface area contributed by atoms with Crippen LogP contribution in [0.1, 0.15) is 31.2 Å². The summed E-state index contributed by atoms with van der Waals surface area (Å²) in [5, 5.41) is 14.1. The molecule has 4 heteroatoms. The maximum absolute atomic E-state index is 9.94. The quantitative estimate of drug-likeness (QED) is 0.860. The van der Waals surface area contributed by atoms with E-state index in [1.165, 1.54) is 24.8 Å². The van der Waals surface area contributed by atoms with Crippen molar-refractivity contribution in [3.63, 3.8) is 0 Å². The average Bonchev–Trinajstić information content (AvgIpc) is 2.67. The Hall–Kier alpha value is -0.870. The van der Waals surface area contributed by atoms with Crippen molar-refractivity contribution >= 4 is 0 Å². The van der Waals surface area contributed by atoms with Gasteiger partial charge in [-0.15, -0.1) is 0 Å². The summed E-state index contributed by atoms with van der Waals surface area (Å²) in [6.07, 6.45) is 8.46. The lowest BCUT2D eigenvalue weighted by molar-refractivity contribution is 0.0502. The molecule has 1 aliphatic carbocycles. The number of aliphatic hydroxyl groups is 1. The van der Waals surface area contributed by atoms with Gasteiger partial charge in [0.2, 0.25) is 0 Å². The Morgan fingerprint density at radius 3 is 2.88 bits per heavy atom. The molecule has 1 aliphatic rings. The maximum Gasteiger partial charge on any atom is 0.0580 e. The van der Waals surface area contributed by atoms with E-state index in [0.717, 1.165) is 19.5 Å². The van der Waals surface area contributed by atoms with E-state index in [-0.39, 0.29) is 6.10 Å². The molecule has 0 radical (unpaired) electrons. The highest BCUT2D eigenvalue weighted by Gasteiger charge is 2.24. The second kappa shape index (κ2) is 5.65. The molecule has 2 atom stereocenters. The van der Waals surface area contributed by atoms with Crippen LogP contribution in [-0.2, 0) is 13.6 Å². The molecule has 1 heterocycles. The van der Waals surface area contributed by atoms with E-state index < -0.39 is 0 Å². The second-order valence-electron chi connectivity index (χ2n) is 5.33. The van der Waals surface area contributed by atoms with Gasteiger partial charge in [0.1, 0.15) is 0 Å². The van der Waals surface area contributed by atoms with Gasteiger partial charge in [0.25, 0.3) is 0 Å². The Bertz CT molecular complexity index is 350. The molecule has 4 nitrogen and oxygen atoms in total. The van der Waals surface area contributed by atoms with Gasteiger partial charge in [0.15, 0.2) is 0 Å². The van der Waals surface area contributed by atoms with Crippen molar-refractivity contribution in [2.24, 2.45) is 13.0 Å². The molecule has 0 spiro atoms. The van der Waals surface area contributed by atoms with E-state index in [9.17, 15) is 5.11 Å². The zero-order valence-corrected chi connectivity index (χ0v) is 10.8. The number of aryl methyl sites for hydroxylation is 1. The molecule has 0 bridgehead atoms. The van der Waals surface area contributed by atoms with Crippen LogP contribution in [0.15, 0.2) is 12.4 Å². The van der Waals surface area contributed by atoms with Crippen molar-refractivity contribution in [1.82, 2.24) is 14.7 Å². The predicted octanol–water partition coefficient (Wildman–Crippen LogP) is 1.40. The molecule has 96 valence electrons. The Labute approximate surface area is 103 Å². The largest absolute Gasteiger partial charge is 0.393 e. The third-order valence-electron chi connectivity index (χ3n) is 3.63. The van der Waals surface area contributed by atoms with Crippen molar-refractivity contribution in [3.8, 4) is 0 Å². The minimum Gasteiger partial charge on any atom is -0.393 e. The smallest absolute Gasteiger partial charge is 0.0580 e. The second-order valence-corrected chi connectivity index (χ2v) is 5.33. The molecule has 2 unspecified atom stereocenters. The third-order valence-corrected chi connectivity index (χ3v) is 3.63. The van der Waals surface area contributed by atoms with Crippen LogP contribution < -0.4 is 0 Å². The van der Waals surface area contributed by atoms with Crippen molar-refractivity contribution in [3.05, 3.63) is 18.0 Å². The standard InChI is InChI=1S/C13H23N3O/c1-15(8-11-7-14-16(2)9-11)10-12-5-3-4-6-13(12)17/h7,9,12-13,17H,3-6,8,10H2,1-2H3. The van der Waals surface area contributed by atoms with Crippen LogP contribution in [0.2, 0.25) is 0 Å². The molecule has 2 rings (SSSR count). The van der Waals surface area contributed by atoms with Crippen molar-refractivity contribution in [1.29, 1.82) is 0 Å². The summed E-state index contributed by atoms with van der Waals surface area (Å²) in [6, 6.07) is 0. The fourth-order valence-electron chi connectivity index (χ4n) is 2.73. The van der Waals surface area contributed by atoms with E-state index in [4.69, 9.17) is 0 Å². The van der Waals surface area contributed by atoms with Gasteiger partial charge in [-0.25, -0.2) is 0 Å². The summed E-state index contributed by atoms with van der Waals surface area (Å²) < 4.78 is 1.83. The van der Waals surface area contributed by atoms with Crippen molar-refractivity contribution < 1.29 is 5.11 Å². The summed E-state index contributed by atoms with van der Waals surface area (Å²) in [4.78, 5) is 2.29. The van der Waals surface area contributed by atoms with Crippen LogP contribution in [0.25, 0.3) is 0 Å². The molecular formula is C13H23N3O. The van der Waals surface area contributed by atoms with E-state index >= 15 is 0 Å². The van der Waals surface area contributed by atoms with Crippen LogP contribution in [0.3, 0.4) is 0 Å². The number of hydrogen-bond donors (Lipinski definition) is 1. The van der Waals surface area contributed by atoms with Crippen LogP contribution in [0, 0.1) is 5.92 Å². The number of aliphatic hydroxyl groups excluding tert-OH is 1. The lowest BCUT2D eigenvalue weighted by atomic mass is 9.86. The van der Waals surface area contributed by atoms with E-state index in [1.807, 2.05) is 24.1 Å². The molecule has 1 N–H and O–H groups in total. The molecular weight excluding hydrogens is 214 g/mol. The lowest BCUT2D eigenvalue weighted by Crippen LogP contribution is -2.34. The Morgan fingerprint density at radius 1 is 1.47 bits per heavy atom. The molecule has 0 aliphatic heterocycles. The minimum absolute atomic E-state index is 0.0971. The molecule has 0 aromatic carbocycles. The van der Waals surface area contributed by atoms with Gasteiger partial charge in [0.05, 0.1) is 12.3 Å². The summed E-state index contributed by atoms with van der Waals surface area (Å²) >= 11 is 0. The van der Waals surface area contributed by atoms with Crippen LogP contribution in [0.5, 0.6) is 0 Å². The normalized spacial score (nSPS) is 25.4. The first-order chi connectivity index (χ1) is 8.15. The van der Waals surface area contributed by atoms with Gasteiger partial charge in [-0.05, 0) is 25.8 Å². The van der Waals surface area contributed by atoms with Gasteiger partial charge >= 0.3 is 0 Å². The minimum atomic E-state index is -0.0971. The first kappa shape index (κ1) is 12.6. The van der Waals surface area contributed by atoms with E-state index in [2.05, 4.69) is 17.0 Å². The molecule has 17 heavy (non-hydrogen) atoms. The van der Waals surface area contributed by atoms with Gasteiger partial charge in [-0.3, -0.25) is 4.68 Å². The molecule has 1 saturated carbocycles. The Morgan fingerprint density at radius 2 is 2.24 bits per heavy atom. The zero-order chi connectivity index (χ0) is 12.3. The SMILES string of the molecule is CN(Cc1cnn(C)c1)CC1CCCCC1O. The first-order valence-corrected chi connectivity index (χ1v) is 6.49. The Kier molecular flexibility index (Phi) is 4.18. The monoisotopic (exact) mass is 237 g/mol. The number of nitrogens with zero attached hydrogens (tertiary/aromatic N) is 3. The van der Waals surface area contributed by atoms with Gasteiger partial charge in [-0.2, -0.15) is 5.10 Å². The summed E-state index contributed by atoms with van der Waals surface area (Å²) in [5.41, 5.74) is 1.24. The van der Waals surface area contributed by atoms with Gasteiger partial charge in [0, 0.05) is 31.9 Å². The fourth-order valence-corrected chi connectivity index (χ4v) is 2.73. The highest BCUT2D eigenvalue weighted by molar-refractivity contribution is 5.03. The molecule has 1 aromatic heterocycles. The third kappa shape index (κ3) is 3.54. The van der Waals surface area contributed by atoms with Crippen molar-refractivity contribution in [2.45, 2.75) is 38.3 Å². The molecule has 0 saturated heterocycles. The van der Waals surface area contributed by atoms with E-state index in [1.54, 1.807) is 0 Å². The lowest BCUT2D eigenvalue weighted by Gasteiger charge is -2.31. The fraction of sp³-hybridized carbons (Fsp3) is 0.769. The summed E-state index contributed by atoms with van der Waals surface area (Å²) in [6.45, 7) is 1.90. The highest BCUT2D eigenvalue weighted by Crippen LogP contribution is 2.25. The highest BCUT2D eigenvalue weighted by atomic mass is 16.3. The summed E-state index contributed by atoms with van der Waals surface area (Å²) in [7, 11) is 4.06. The van der Waals surface area contributed by atoms with Crippen molar-refractivity contribution in [2.75, 3.05) is 13.6 Å². The molecule has 1 fully saturated rings. The topological polar surface area (TPSA) is 41.3 Å². The van der Waals surface area contributed by atoms with E-state index in [0.29, 0.717) is 5.92 Å².